The van der Waals surface area contributed by atoms with E-state index in [1.807, 2.05) is 6.92 Å². The van der Waals surface area contributed by atoms with Gasteiger partial charge in [0, 0.05) is 0 Å². The number of carboxylic acids is 1. The van der Waals surface area contributed by atoms with Gasteiger partial charge in [0.2, 0.25) is 0 Å². The highest BCUT2D eigenvalue weighted by Crippen LogP contribution is 2.34. The van der Waals surface area contributed by atoms with Gasteiger partial charge >= 0.3 is 5.97 Å². The molecule has 1 atom stereocenters. The van der Waals surface area contributed by atoms with Gasteiger partial charge in [0.15, 0.2) is 0 Å². The molecule has 1 aromatic rings. The standard InChI is InChI=1S/C15H14FNO3S2/c1-2-4-11(14(19)20)17-13(18)12(22-15(17)21)8-9-5-3-6-10(16)7-9/h3,5-8,11H,2,4H2,1H3,(H,19,20). The molecule has 1 fully saturated rings. The van der Waals surface area contributed by atoms with Crippen LogP contribution in [-0.4, -0.2) is 32.2 Å². The van der Waals surface area contributed by atoms with Crippen molar-refractivity contribution in [3.05, 3.63) is 40.6 Å². The number of carbonyl (C=O) groups is 2. The third-order valence-corrected chi connectivity index (χ3v) is 4.46. The number of hydrogen-bond donors (Lipinski definition) is 1. The molecule has 1 amide bonds. The van der Waals surface area contributed by atoms with Crippen LogP contribution in [0.25, 0.3) is 6.08 Å². The van der Waals surface area contributed by atoms with Gasteiger partial charge in [-0.15, -0.1) is 0 Å². The molecule has 116 valence electrons. The second kappa shape index (κ2) is 7.02. The number of benzene rings is 1. The lowest BCUT2D eigenvalue weighted by Gasteiger charge is -2.22. The SMILES string of the molecule is CCCC(C(=O)O)N1C(=O)C(=Cc2cccc(F)c2)SC1=S. The molecule has 1 heterocycles. The molecule has 0 spiro atoms. The minimum Gasteiger partial charge on any atom is -0.480 e. The molecule has 1 aromatic carbocycles. The number of aliphatic carboxylic acids is 1. The molecule has 0 aliphatic carbocycles. The fourth-order valence-corrected chi connectivity index (χ4v) is 3.49. The van der Waals surface area contributed by atoms with E-state index in [-0.39, 0.29) is 4.32 Å². The lowest BCUT2D eigenvalue weighted by atomic mass is 10.1. The van der Waals surface area contributed by atoms with Gasteiger partial charge in [-0.3, -0.25) is 9.69 Å². The second-order valence-corrected chi connectivity index (χ2v) is 6.43. The quantitative estimate of drug-likeness (QED) is 0.659. The Morgan fingerprint density at radius 1 is 1.55 bits per heavy atom. The number of thiocarbonyl (C=S) groups is 1. The molecule has 0 bridgehead atoms. The minimum absolute atomic E-state index is 0.216. The Kier molecular flexibility index (Phi) is 5.31. The van der Waals surface area contributed by atoms with E-state index >= 15 is 0 Å². The summed E-state index contributed by atoms with van der Waals surface area (Å²) in [5.41, 5.74) is 0.530. The largest absolute Gasteiger partial charge is 0.480 e. The molecule has 1 unspecified atom stereocenters. The summed E-state index contributed by atoms with van der Waals surface area (Å²) in [6.45, 7) is 1.84. The molecule has 7 heteroatoms. The highest BCUT2D eigenvalue weighted by atomic mass is 32.2. The molecule has 0 radical (unpaired) electrons. The first-order valence-corrected chi connectivity index (χ1v) is 7.92. The predicted octanol–water partition coefficient (Wildman–Crippen LogP) is 3.28. The van der Waals surface area contributed by atoms with E-state index in [9.17, 15) is 19.1 Å². The fourth-order valence-electron chi connectivity index (χ4n) is 2.13. The van der Waals surface area contributed by atoms with E-state index in [0.29, 0.717) is 23.3 Å². The van der Waals surface area contributed by atoms with Crippen molar-refractivity contribution in [1.82, 2.24) is 4.90 Å². The Labute approximate surface area is 137 Å². The average Bonchev–Trinajstić information content (AvgIpc) is 2.71. The van der Waals surface area contributed by atoms with Crippen LogP contribution in [0.1, 0.15) is 25.3 Å². The Hall–Kier alpha value is -1.73. The predicted molar refractivity (Wildman–Crippen MR) is 87.7 cm³/mol. The van der Waals surface area contributed by atoms with Crippen LogP contribution in [0.3, 0.4) is 0 Å². The van der Waals surface area contributed by atoms with E-state index in [4.69, 9.17) is 12.2 Å². The topological polar surface area (TPSA) is 57.6 Å². The maximum atomic E-state index is 13.2. The number of rotatable bonds is 5. The third kappa shape index (κ3) is 3.53. The molecule has 1 saturated heterocycles. The number of nitrogens with zero attached hydrogens (tertiary/aromatic N) is 1. The number of hydrogen-bond acceptors (Lipinski definition) is 4. The number of thioether (sulfide) groups is 1. The van der Waals surface area contributed by atoms with Crippen LogP contribution < -0.4 is 0 Å². The molecule has 1 aliphatic rings. The summed E-state index contributed by atoms with van der Waals surface area (Å²) in [6.07, 6.45) is 2.47. The van der Waals surface area contributed by atoms with E-state index in [1.165, 1.54) is 18.2 Å². The summed E-state index contributed by atoms with van der Waals surface area (Å²) in [5, 5.41) is 9.28. The van der Waals surface area contributed by atoms with Crippen molar-refractivity contribution < 1.29 is 19.1 Å². The van der Waals surface area contributed by atoms with Crippen LogP contribution in [0.5, 0.6) is 0 Å². The van der Waals surface area contributed by atoms with Crippen LogP contribution in [-0.2, 0) is 9.59 Å². The molecule has 0 saturated carbocycles. The first-order chi connectivity index (χ1) is 10.4. The average molecular weight is 339 g/mol. The molecule has 1 N–H and O–H groups in total. The van der Waals surface area contributed by atoms with Crippen molar-refractivity contribution in [3.63, 3.8) is 0 Å². The summed E-state index contributed by atoms with van der Waals surface area (Å²) in [5.74, 6) is -1.93. The van der Waals surface area contributed by atoms with Crippen LogP contribution in [0, 0.1) is 5.82 Å². The first-order valence-electron chi connectivity index (χ1n) is 6.69. The van der Waals surface area contributed by atoms with Crippen molar-refractivity contribution in [2.75, 3.05) is 0 Å². The van der Waals surface area contributed by atoms with E-state index in [1.54, 1.807) is 12.1 Å². The Balaban J connectivity index is 2.30. The van der Waals surface area contributed by atoms with Crippen LogP contribution >= 0.6 is 24.0 Å². The van der Waals surface area contributed by atoms with Crippen molar-refractivity contribution in [1.29, 1.82) is 0 Å². The number of carboxylic acid groups (broad SMARTS) is 1. The first kappa shape index (κ1) is 16.6. The second-order valence-electron chi connectivity index (χ2n) is 4.75. The molecular formula is C15H14FNO3S2. The summed E-state index contributed by atoms with van der Waals surface area (Å²) in [4.78, 5) is 25.2. The van der Waals surface area contributed by atoms with Crippen LogP contribution in [0.15, 0.2) is 29.2 Å². The summed E-state index contributed by atoms with van der Waals surface area (Å²) >= 11 is 6.17. The summed E-state index contributed by atoms with van der Waals surface area (Å²) in [6, 6.07) is 4.85. The Morgan fingerprint density at radius 2 is 2.27 bits per heavy atom. The third-order valence-electron chi connectivity index (χ3n) is 3.13. The number of halogens is 1. The highest BCUT2D eigenvalue weighted by Gasteiger charge is 2.39. The van der Waals surface area contributed by atoms with Gasteiger partial charge in [-0.05, 0) is 30.2 Å². The van der Waals surface area contributed by atoms with E-state index in [0.717, 1.165) is 16.7 Å². The molecule has 4 nitrogen and oxygen atoms in total. The van der Waals surface area contributed by atoms with Gasteiger partial charge in [-0.2, -0.15) is 0 Å². The molecule has 0 aromatic heterocycles. The van der Waals surface area contributed by atoms with Crippen molar-refractivity contribution in [2.24, 2.45) is 0 Å². The van der Waals surface area contributed by atoms with E-state index in [2.05, 4.69) is 0 Å². The molecule has 1 aliphatic heterocycles. The van der Waals surface area contributed by atoms with Crippen molar-refractivity contribution in [3.8, 4) is 0 Å². The van der Waals surface area contributed by atoms with Crippen LogP contribution in [0.2, 0.25) is 0 Å². The zero-order valence-electron chi connectivity index (χ0n) is 11.8. The summed E-state index contributed by atoms with van der Waals surface area (Å²) < 4.78 is 13.4. The number of amides is 1. The molecule has 22 heavy (non-hydrogen) atoms. The van der Waals surface area contributed by atoms with Gasteiger partial charge in [0.25, 0.3) is 5.91 Å². The Bertz CT molecular complexity index is 660. The van der Waals surface area contributed by atoms with Gasteiger partial charge in [0.05, 0.1) is 4.91 Å². The minimum atomic E-state index is -1.08. The fraction of sp³-hybridized carbons (Fsp3) is 0.267. The lowest BCUT2D eigenvalue weighted by molar-refractivity contribution is -0.145. The normalized spacial score (nSPS) is 18.1. The smallest absolute Gasteiger partial charge is 0.326 e. The maximum Gasteiger partial charge on any atom is 0.326 e. The van der Waals surface area contributed by atoms with Crippen molar-refractivity contribution >= 4 is 46.3 Å². The molecule has 2 rings (SSSR count). The van der Waals surface area contributed by atoms with E-state index < -0.39 is 23.7 Å². The van der Waals surface area contributed by atoms with Gasteiger partial charge in [-0.1, -0.05) is 49.5 Å². The van der Waals surface area contributed by atoms with Gasteiger partial charge in [0.1, 0.15) is 16.2 Å². The maximum absolute atomic E-state index is 13.2. The Morgan fingerprint density at radius 3 is 2.86 bits per heavy atom. The molecular weight excluding hydrogens is 325 g/mol. The summed E-state index contributed by atoms with van der Waals surface area (Å²) in [7, 11) is 0. The van der Waals surface area contributed by atoms with Gasteiger partial charge in [-0.25, -0.2) is 9.18 Å². The monoisotopic (exact) mass is 339 g/mol. The lowest BCUT2D eigenvalue weighted by Crippen LogP contribution is -2.43. The van der Waals surface area contributed by atoms with Crippen molar-refractivity contribution in [2.45, 2.75) is 25.8 Å². The number of carbonyl (C=O) groups excluding carboxylic acids is 1. The highest BCUT2D eigenvalue weighted by molar-refractivity contribution is 8.26. The van der Waals surface area contributed by atoms with Gasteiger partial charge < -0.3 is 5.11 Å². The van der Waals surface area contributed by atoms with Crippen LogP contribution in [0.4, 0.5) is 4.39 Å². The zero-order chi connectivity index (χ0) is 16.3. The zero-order valence-corrected chi connectivity index (χ0v) is 13.4.